The van der Waals surface area contributed by atoms with Gasteiger partial charge in [-0.25, -0.2) is 9.97 Å². The van der Waals surface area contributed by atoms with Gasteiger partial charge in [0, 0.05) is 28.7 Å². The van der Waals surface area contributed by atoms with Crippen LogP contribution in [0.4, 0.5) is 17.2 Å². The van der Waals surface area contributed by atoms with E-state index in [0.29, 0.717) is 12.2 Å². The van der Waals surface area contributed by atoms with Crippen molar-refractivity contribution in [2.75, 3.05) is 17.2 Å². The van der Waals surface area contributed by atoms with Crippen LogP contribution in [0.3, 0.4) is 0 Å². The average molecular weight is 405 g/mol. The zero-order chi connectivity index (χ0) is 21.2. The molecular weight excluding hydrogens is 376 g/mol. The van der Waals surface area contributed by atoms with Gasteiger partial charge in [-0.05, 0) is 61.9 Å². The van der Waals surface area contributed by atoms with E-state index in [9.17, 15) is 4.79 Å². The first kappa shape index (κ1) is 21.3. The average Bonchev–Trinajstić information content (AvgIpc) is 2.75. The molecule has 156 valence electrons. The molecule has 0 radical (unpaired) electrons. The van der Waals surface area contributed by atoms with E-state index in [1.807, 2.05) is 49.4 Å². The summed E-state index contributed by atoms with van der Waals surface area (Å²) in [5.74, 6) is 1.36. The predicted molar refractivity (Wildman–Crippen MR) is 121 cm³/mol. The molecule has 1 heterocycles. The van der Waals surface area contributed by atoms with E-state index in [-0.39, 0.29) is 5.91 Å². The van der Waals surface area contributed by atoms with Crippen molar-refractivity contribution in [3.63, 3.8) is 0 Å². The van der Waals surface area contributed by atoms with Crippen LogP contribution in [-0.4, -0.2) is 22.5 Å². The first-order valence-corrected chi connectivity index (χ1v) is 10.3. The van der Waals surface area contributed by atoms with Crippen molar-refractivity contribution in [3.05, 3.63) is 72.2 Å². The number of anilines is 3. The maximum absolute atomic E-state index is 12.5. The minimum atomic E-state index is -0.156. The van der Waals surface area contributed by atoms with E-state index in [1.165, 1.54) is 25.6 Å². The fraction of sp³-hybridized carbons (Fsp3) is 0.292. The molecule has 0 saturated carbocycles. The Hall–Kier alpha value is -3.41. The third-order valence-corrected chi connectivity index (χ3v) is 4.60. The molecule has 0 saturated heterocycles. The lowest BCUT2D eigenvalue weighted by molar-refractivity contribution is 0.102. The molecule has 1 amide bonds. The molecule has 0 aliphatic carbocycles. The molecule has 0 unspecified atom stereocenters. The van der Waals surface area contributed by atoms with Crippen LogP contribution in [0, 0.1) is 6.92 Å². The summed E-state index contributed by atoms with van der Waals surface area (Å²) >= 11 is 0. The van der Waals surface area contributed by atoms with E-state index in [1.54, 1.807) is 12.1 Å². The molecule has 6 heteroatoms. The van der Waals surface area contributed by atoms with Gasteiger partial charge in [-0.2, -0.15) is 0 Å². The van der Waals surface area contributed by atoms with Crippen molar-refractivity contribution >= 4 is 23.1 Å². The standard InChI is InChI=1S/C24H28N4O2/c1-3-4-5-6-15-30-22-13-7-19(8-14-22)24(29)28-21-11-9-20(10-12-21)27-23-16-18(2)25-17-26-23/h7-14,16-17H,3-6,15H2,1-2H3,(H,28,29)(H,25,26,27). The van der Waals surface area contributed by atoms with Crippen LogP contribution in [0.15, 0.2) is 60.9 Å². The second-order valence-corrected chi connectivity index (χ2v) is 7.13. The highest BCUT2D eigenvalue weighted by atomic mass is 16.5. The molecule has 3 rings (SSSR count). The number of hydrogen-bond donors (Lipinski definition) is 2. The second-order valence-electron chi connectivity index (χ2n) is 7.13. The smallest absolute Gasteiger partial charge is 0.255 e. The van der Waals surface area contributed by atoms with Gasteiger partial charge >= 0.3 is 0 Å². The van der Waals surface area contributed by atoms with Crippen LogP contribution < -0.4 is 15.4 Å². The molecular formula is C24H28N4O2. The van der Waals surface area contributed by atoms with Gasteiger partial charge < -0.3 is 15.4 Å². The quantitative estimate of drug-likeness (QED) is 0.421. The second kappa shape index (κ2) is 11.0. The summed E-state index contributed by atoms with van der Waals surface area (Å²) in [6, 6.07) is 16.6. The Morgan fingerprint density at radius 1 is 0.933 bits per heavy atom. The molecule has 0 fully saturated rings. The van der Waals surface area contributed by atoms with Crippen LogP contribution in [0.5, 0.6) is 5.75 Å². The topological polar surface area (TPSA) is 76.1 Å². The van der Waals surface area contributed by atoms with Gasteiger partial charge in [0.25, 0.3) is 5.91 Å². The van der Waals surface area contributed by atoms with Gasteiger partial charge in [-0.1, -0.05) is 26.2 Å². The lowest BCUT2D eigenvalue weighted by Gasteiger charge is -2.09. The van der Waals surface area contributed by atoms with E-state index in [4.69, 9.17) is 4.74 Å². The Morgan fingerprint density at radius 2 is 1.67 bits per heavy atom. The van der Waals surface area contributed by atoms with Gasteiger partial charge in [0.2, 0.25) is 0 Å². The van der Waals surface area contributed by atoms with E-state index >= 15 is 0 Å². The van der Waals surface area contributed by atoms with Crippen molar-refractivity contribution in [3.8, 4) is 5.75 Å². The number of carbonyl (C=O) groups is 1. The molecule has 6 nitrogen and oxygen atoms in total. The van der Waals surface area contributed by atoms with Crippen molar-refractivity contribution in [2.45, 2.75) is 39.5 Å². The Kier molecular flexibility index (Phi) is 7.78. The maximum Gasteiger partial charge on any atom is 0.255 e. The summed E-state index contributed by atoms with van der Waals surface area (Å²) in [6.07, 6.45) is 6.21. The molecule has 2 N–H and O–H groups in total. The Labute approximate surface area is 177 Å². The van der Waals surface area contributed by atoms with Gasteiger partial charge in [0.05, 0.1) is 6.61 Å². The third-order valence-electron chi connectivity index (χ3n) is 4.60. The summed E-state index contributed by atoms with van der Waals surface area (Å²) in [5, 5.41) is 6.12. The van der Waals surface area contributed by atoms with Gasteiger partial charge in [0.15, 0.2) is 0 Å². The molecule has 0 bridgehead atoms. The third kappa shape index (κ3) is 6.58. The van der Waals surface area contributed by atoms with E-state index in [0.717, 1.165) is 35.1 Å². The number of rotatable bonds is 10. The SMILES string of the molecule is CCCCCCOc1ccc(C(=O)Nc2ccc(Nc3cc(C)ncn3)cc2)cc1. The number of carbonyl (C=O) groups excluding carboxylic acids is 1. The van der Waals surface area contributed by atoms with Crippen molar-refractivity contribution < 1.29 is 9.53 Å². The van der Waals surface area contributed by atoms with Gasteiger partial charge in [-0.15, -0.1) is 0 Å². The number of ether oxygens (including phenoxy) is 1. The number of unbranched alkanes of at least 4 members (excludes halogenated alkanes) is 3. The minimum Gasteiger partial charge on any atom is -0.494 e. The molecule has 0 atom stereocenters. The zero-order valence-corrected chi connectivity index (χ0v) is 17.5. The fourth-order valence-corrected chi connectivity index (χ4v) is 2.93. The van der Waals surface area contributed by atoms with Crippen molar-refractivity contribution in [1.82, 2.24) is 9.97 Å². The zero-order valence-electron chi connectivity index (χ0n) is 17.5. The minimum absolute atomic E-state index is 0.156. The summed E-state index contributed by atoms with van der Waals surface area (Å²) in [4.78, 5) is 20.7. The number of aromatic nitrogens is 2. The summed E-state index contributed by atoms with van der Waals surface area (Å²) in [6.45, 7) is 4.81. The Balaban J connectivity index is 1.50. The van der Waals surface area contributed by atoms with Crippen LogP contribution in [0.25, 0.3) is 0 Å². The lowest BCUT2D eigenvalue weighted by atomic mass is 10.2. The highest BCUT2D eigenvalue weighted by Crippen LogP contribution is 2.19. The van der Waals surface area contributed by atoms with E-state index in [2.05, 4.69) is 27.5 Å². The monoisotopic (exact) mass is 404 g/mol. The van der Waals surface area contributed by atoms with Gasteiger partial charge in [0.1, 0.15) is 17.9 Å². The van der Waals surface area contributed by atoms with Crippen LogP contribution in [-0.2, 0) is 0 Å². The molecule has 2 aromatic carbocycles. The first-order chi connectivity index (χ1) is 14.6. The first-order valence-electron chi connectivity index (χ1n) is 10.3. The van der Waals surface area contributed by atoms with Crippen LogP contribution in [0.1, 0.15) is 48.7 Å². The molecule has 0 aliphatic heterocycles. The fourth-order valence-electron chi connectivity index (χ4n) is 2.93. The van der Waals surface area contributed by atoms with E-state index < -0.39 is 0 Å². The van der Waals surface area contributed by atoms with Crippen molar-refractivity contribution in [2.24, 2.45) is 0 Å². The predicted octanol–water partition coefficient (Wildman–Crippen LogP) is 5.74. The summed E-state index contributed by atoms with van der Waals surface area (Å²) < 4.78 is 5.73. The number of nitrogens with one attached hydrogen (secondary N) is 2. The largest absolute Gasteiger partial charge is 0.494 e. The normalized spacial score (nSPS) is 10.5. The number of amides is 1. The van der Waals surface area contributed by atoms with Crippen molar-refractivity contribution in [1.29, 1.82) is 0 Å². The molecule has 30 heavy (non-hydrogen) atoms. The summed E-state index contributed by atoms with van der Waals surface area (Å²) in [7, 11) is 0. The molecule has 3 aromatic rings. The highest BCUT2D eigenvalue weighted by molar-refractivity contribution is 6.04. The Bertz CT molecular complexity index is 940. The lowest BCUT2D eigenvalue weighted by Crippen LogP contribution is -2.11. The highest BCUT2D eigenvalue weighted by Gasteiger charge is 2.07. The van der Waals surface area contributed by atoms with Crippen LogP contribution in [0.2, 0.25) is 0 Å². The van der Waals surface area contributed by atoms with Crippen LogP contribution >= 0.6 is 0 Å². The molecule has 0 aliphatic rings. The number of nitrogens with zero attached hydrogens (tertiary/aromatic N) is 2. The number of aryl methyl sites for hydroxylation is 1. The number of benzene rings is 2. The molecule has 1 aromatic heterocycles. The number of hydrogen-bond acceptors (Lipinski definition) is 5. The summed E-state index contributed by atoms with van der Waals surface area (Å²) in [5.41, 5.74) is 3.09. The maximum atomic E-state index is 12.5. The van der Waals surface area contributed by atoms with Gasteiger partial charge in [-0.3, -0.25) is 4.79 Å². The molecule has 0 spiro atoms. The Morgan fingerprint density at radius 3 is 2.37 bits per heavy atom.